The zero-order valence-electron chi connectivity index (χ0n) is 11.3. The first-order chi connectivity index (χ1) is 8.13. The van der Waals surface area contributed by atoms with Crippen LogP contribution < -0.4 is 5.73 Å². The monoisotopic (exact) mass is 241 g/mol. The molecule has 2 saturated heterocycles. The second-order valence-corrected chi connectivity index (χ2v) is 5.88. The van der Waals surface area contributed by atoms with Crippen molar-refractivity contribution in [2.75, 3.05) is 45.9 Å². The van der Waals surface area contributed by atoms with Gasteiger partial charge in [0.15, 0.2) is 0 Å². The Labute approximate surface area is 105 Å². The number of rotatable bonds is 3. The van der Waals surface area contributed by atoms with E-state index in [1.165, 1.54) is 25.9 Å². The van der Waals surface area contributed by atoms with Crippen LogP contribution in [0, 0.1) is 0 Å². The molecule has 0 aromatic heterocycles. The molecule has 0 aromatic carbocycles. The first-order valence-electron chi connectivity index (χ1n) is 6.90. The molecule has 0 amide bonds. The molecule has 0 unspecified atom stereocenters. The smallest absolute Gasteiger partial charge is 0.0480 e. The van der Waals surface area contributed by atoms with E-state index in [1.54, 1.807) is 0 Å². The summed E-state index contributed by atoms with van der Waals surface area (Å²) >= 11 is 0. The highest BCUT2D eigenvalue weighted by atomic mass is 16.5. The van der Waals surface area contributed by atoms with Crippen LogP contribution in [0.1, 0.15) is 26.7 Å². The molecule has 0 aromatic rings. The van der Waals surface area contributed by atoms with Gasteiger partial charge in [0, 0.05) is 57.5 Å². The minimum Gasteiger partial charge on any atom is -0.381 e. The molecule has 100 valence electrons. The Bertz CT molecular complexity index is 231. The number of nitrogens with two attached hydrogens (primary N) is 1. The number of ether oxygens (including phenoxy) is 1. The predicted octanol–water partition coefficient (Wildman–Crippen LogP) is 0.520. The molecule has 17 heavy (non-hydrogen) atoms. The lowest BCUT2D eigenvalue weighted by Crippen LogP contribution is -2.59. The van der Waals surface area contributed by atoms with Crippen molar-refractivity contribution < 1.29 is 4.74 Å². The molecule has 0 radical (unpaired) electrons. The minimum absolute atomic E-state index is 0.155. The molecule has 0 atom stereocenters. The predicted molar refractivity (Wildman–Crippen MR) is 70.1 cm³/mol. The van der Waals surface area contributed by atoms with Gasteiger partial charge in [-0.1, -0.05) is 0 Å². The van der Waals surface area contributed by atoms with E-state index in [-0.39, 0.29) is 5.54 Å². The molecule has 2 N–H and O–H groups in total. The molecule has 2 aliphatic rings. The van der Waals surface area contributed by atoms with Gasteiger partial charge in [-0.3, -0.25) is 9.80 Å². The second-order valence-electron chi connectivity index (χ2n) is 5.88. The molecular weight excluding hydrogens is 214 g/mol. The molecule has 4 heteroatoms. The van der Waals surface area contributed by atoms with Crippen LogP contribution in [-0.2, 0) is 4.74 Å². The topological polar surface area (TPSA) is 41.7 Å². The fourth-order valence-corrected chi connectivity index (χ4v) is 2.87. The Morgan fingerprint density at radius 1 is 1.12 bits per heavy atom. The van der Waals surface area contributed by atoms with Crippen molar-refractivity contribution in [2.24, 2.45) is 5.73 Å². The van der Waals surface area contributed by atoms with Gasteiger partial charge in [-0.05, 0) is 26.7 Å². The fraction of sp³-hybridized carbons (Fsp3) is 1.00. The summed E-state index contributed by atoms with van der Waals surface area (Å²) in [7, 11) is 0. The lowest BCUT2D eigenvalue weighted by atomic mass is 10.0. The van der Waals surface area contributed by atoms with Crippen molar-refractivity contribution in [1.29, 1.82) is 0 Å². The molecule has 2 aliphatic heterocycles. The summed E-state index contributed by atoms with van der Waals surface area (Å²) in [5.41, 5.74) is 6.00. The Morgan fingerprint density at radius 3 is 2.24 bits per heavy atom. The molecular formula is C13H27N3O. The van der Waals surface area contributed by atoms with Gasteiger partial charge in [0.25, 0.3) is 0 Å². The molecule has 2 heterocycles. The van der Waals surface area contributed by atoms with E-state index < -0.39 is 0 Å². The third-order valence-corrected chi connectivity index (χ3v) is 4.38. The van der Waals surface area contributed by atoms with Crippen LogP contribution in [0.3, 0.4) is 0 Å². The first kappa shape index (κ1) is 13.3. The van der Waals surface area contributed by atoms with Crippen LogP contribution >= 0.6 is 0 Å². The van der Waals surface area contributed by atoms with E-state index in [9.17, 15) is 0 Å². The summed E-state index contributed by atoms with van der Waals surface area (Å²) in [6.45, 7) is 11.8. The van der Waals surface area contributed by atoms with Crippen molar-refractivity contribution in [1.82, 2.24) is 9.80 Å². The zero-order valence-corrected chi connectivity index (χ0v) is 11.3. The quantitative estimate of drug-likeness (QED) is 0.782. The van der Waals surface area contributed by atoms with Crippen LogP contribution in [0.5, 0.6) is 0 Å². The third kappa shape index (κ3) is 3.19. The van der Waals surface area contributed by atoms with Crippen LogP contribution in [0.4, 0.5) is 0 Å². The van der Waals surface area contributed by atoms with E-state index in [0.717, 1.165) is 38.9 Å². The van der Waals surface area contributed by atoms with Gasteiger partial charge < -0.3 is 10.5 Å². The SMILES string of the molecule is CC(C)(CN)N1CCN(C2CCOCC2)CC1. The first-order valence-corrected chi connectivity index (χ1v) is 6.90. The highest BCUT2D eigenvalue weighted by molar-refractivity contribution is 4.88. The summed E-state index contributed by atoms with van der Waals surface area (Å²) in [6, 6.07) is 0.756. The molecule has 0 aliphatic carbocycles. The second kappa shape index (κ2) is 5.65. The van der Waals surface area contributed by atoms with Crippen molar-refractivity contribution in [3.05, 3.63) is 0 Å². The molecule has 2 fully saturated rings. The average Bonchev–Trinajstić information content (AvgIpc) is 2.40. The van der Waals surface area contributed by atoms with Crippen molar-refractivity contribution in [3.63, 3.8) is 0 Å². The maximum absolute atomic E-state index is 5.84. The van der Waals surface area contributed by atoms with E-state index in [0.29, 0.717) is 0 Å². The maximum Gasteiger partial charge on any atom is 0.0480 e. The van der Waals surface area contributed by atoms with E-state index in [2.05, 4.69) is 23.6 Å². The van der Waals surface area contributed by atoms with Gasteiger partial charge in [0.05, 0.1) is 0 Å². The van der Waals surface area contributed by atoms with Crippen LogP contribution in [0.2, 0.25) is 0 Å². The van der Waals surface area contributed by atoms with Gasteiger partial charge in [-0.15, -0.1) is 0 Å². The van der Waals surface area contributed by atoms with Crippen LogP contribution in [0.15, 0.2) is 0 Å². The summed E-state index contributed by atoms with van der Waals surface area (Å²) < 4.78 is 5.43. The zero-order chi connectivity index (χ0) is 12.3. The van der Waals surface area contributed by atoms with E-state index >= 15 is 0 Å². The Balaban J connectivity index is 1.81. The van der Waals surface area contributed by atoms with Gasteiger partial charge in [-0.2, -0.15) is 0 Å². The summed E-state index contributed by atoms with van der Waals surface area (Å²) in [4.78, 5) is 5.18. The number of piperazine rings is 1. The Hall–Kier alpha value is -0.160. The summed E-state index contributed by atoms with van der Waals surface area (Å²) in [6.07, 6.45) is 2.42. The van der Waals surface area contributed by atoms with E-state index in [4.69, 9.17) is 10.5 Å². The number of hydrogen-bond donors (Lipinski definition) is 1. The fourth-order valence-electron chi connectivity index (χ4n) is 2.87. The van der Waals surface area contributed by atoms with Gasteiger partial charge in [0.1, 0.15) is 0 Å². The lowest BCUT2D eigenvalue weighted by Gasteiger charge is -2.46. The largest absolute Gasteiger partial charge is 0.381 e. The molecule has 2 rings (SSSR count). The van der Waals surface area contributed by atoms with Crippen LogP contribution in [0.25, 0.3) is 0 Å². The minimum atomic E-state index is 0.155. The molecule has 0 spiro atoms. The number of nitrogens with zero attached hydrogens (tertiary/aromatic N) is 2. The number of hydrogen-bond acceptors (Lipinski definition) is 4. The molecule has 0 bridgehead atoms. The van der Waals surface area contributed by atoms with Crippen LogP contribution in [-0.4, -0.2) is 67.3 Å². The van der Waals surface area contributed by atoms with Gasteiger partial charge in [0.2, 0.25) is 0 Å². The van der Waals surface area contributed by atoms with E-state index in [1.807, 2.05) is 0 Å². The van der Waals surface area contributed by atoms with Crippen molar-refractivity contribution >= 4 is 0 Å². The lowest BCUT2D eigenvalue weighted by molar-refractivity contribution is -0.00490. The normalized spacial score (nSPS) is 26.3. The third-order valence-electron chi connectivity index (χ3n) is 4.38. The standard InChI is InChI=1S/C13H27N3O/c1-13(2,11-14)16-7-5-15(6-8-16)12-3-9-17-10-4-12/h12H,3-11,14H2,1-2H3. The summed E-state index contributed by atoms with van der Waals surface area (Å²) in [5.74, 6) is 0. The van der Waals surface area contributed by atoms with Crippen molar-refractivity contribution in [2.45, 2.75) is 38.3 Å². The Morgan fingerprint density at radius 2 is 1.71 bits per heavy atom. The average molecular weight is 241 g/mol. The maximum atomic E-state index is 5.84. The highest BCUT2D eigenvalue weighted by Crippen LogP contribution is 2.20. The Kier molecular flexibility index (Phi) is 4.42. The van der Waals surface area contributed by atoms with Gasteiger partial charge in [-0.25, -0.2) is 0 Å². The molecule has 0 saturated carbocycles. The van der Waals surface area contributed by atoms with Crippen molar-refractivity contribution in [3.8, 4) is 0 Å². The summed E-state index contributed by atoms with van der Waals surface area (Å²) in [5, 5.41) is 0. The highest BCUT2D eigenvalue weighted by Gasteiger charge is 2.31. The molecule has 4 nitrogen and oxygen atoms in total. The van der Waals surface area contributed by atoms with Gasteiger partial charge >= 0.3 is 0 Å².